The number of rotatable bonds is 2. The average molecular weight is 212 g/mol. The van der Waals surface area contributed by atoms with Crippen LogP contribution in [-0.2, 0) is 5.41 Å². The van der Waals surface area contributed by atoms with Gasteiger partial charge in [0.2, 0.25) is 0 Å². The lowest BCUT2D eigenvalue weighted by Gasteiger charge is -2.31. The first-order valence-corrected chi connectivity index (χ1v) is 5.94. The normalized spacial score (nSPS) is 16.0. The molecule has 0 atom stereocenters. The van der Waals surface area contributed by atoms with Gasteiger partial charge in [0.15, 0.2) is 0 Å². The maximum absolute atomic E-state index is 2.33. The molecular formula is C16H20. The lowest BCUT2D eigenvalue weighted by Crippen LogP contribution is -2.26. The molecule has 0 heterocycles. The van der Waals surface area contributed by atoms with E-state index < -0.39 is 0 Å². The Bertz CT molecular complexity index is 435. The molecule has 1 aliphatic carbocycles. The summed E-state index contributed by atoms with van der Waals surface area (Å²) < 4.78 is 0. The first-order chi connectivity index (χ1) is 7.51. The molecule has 0 spiro atoms. The van der Waals surface area contributed by atoms with Gasteiger partial charge in [-0.2, -0.15) is 0 Å². The van der Waals surface area contributed by atoms with Crippen LogP contribution in [0.4, 0.5) is 0 Å². The van der Waals surface area contributed by atoms with Crippen molar-refractivity contribution in [3.63, 3.8) is 0 Å². The van der Waals surface area contributed by atoms with Crippen molar-refractivity contribution < 1.29 is 0 Å². The van der Waals surface area contributed by atoms with Crippen molar-refractivity contribution in [1.29, 1.82) is 0 Å². The summed E-state index contributed by atoms with van der Waals surface area (Å²) in [6, 6.07) is 6.77. The third-order valence-corrected chi connectivity index (χ3v) is 3.66. The third kappa shape index (κ3) is 1.84. The van der Waals surface area contributed by atoms with Crippen LogP contribution in [-0.4, -0.2) is 0 Å². The van der Waals surface area contributed by atoms with Crippen molar-refractivity contribution in [3.05, 3.63) is 59.2 Å². The van der Waals surface area contributed by atoms with Gasteiger partial charge in [0.1, 0.15) is 0 Å². The van der Waals surface area contributed by atoms with E-state index in [1.807, 2.05) is 0 Å². The van der Waals surface area contributed by atoms with Gasteiger partial charge in [-0.3, -0.25) is 0 Å². The van der Waals surface area contributed by atoms with Crippen LogP contribution in [0.5, 0.6) is 0 Å². The molecule has 0 amide bonds. The molecule has 0 radical (unpaired) electrons. The second-order valence-corrected chi connectivity index (χ2v) is 5.34. The topological polar surface area (TPSA) is 0 Å². The van der Waals surface area contributed by atoms with E-state index in [0.29, 0.717) is 5.92 Å². The minimum atomic E-state index is 0.182. The van der Waals surface area contributed by atoms with Gasteiger partial charge in [-0.15, -0.1) is 0 Å². The highest BCUT2D eigenvalue weighted by molar-refractivity contribution is 5.39. The molecule has 0 fully saturated rings. The molecule has 0 bridgehead atoms. The van der Waals surface area contributed by atoms with Crippen LogP contribution in [0.3, 0.4) is 0 Å². The SMILES string of the molecule is Cc1ccc(C(C)(C)C2C=CC=C2)c(C)c1. The Morgan fingerprint density at radius 1 is 1.00 bits per heavy atom. The van der Waals surface area contributed by atoms with E-state index in [1.54, 1.807) is 0 Å². The Kier molecular flexibility index (Phi) is 2.75. The fourth-order valence-corrected chi connectivity index (χ4v) is 2.63. The number of benzene rings is 1. The van der Waals surface area contributed by atoms with Crippen molar-refractivity contribution in [1.82, 2.24) is 0 Å². The maximum Gasteiger partial charge on any atom is 0.00446 e. The van der Waals surface area contributed by atoms with Gasteiger partial charge >= 0.3 is 0 Å². The Balaban J connectivity index is 2.42. The molecule has 0 nitrogen and oxygen atoms in total. The van der Waals surface area contributed by atoms with E-state index in [2.05, 4.69) is 70.2 Å². The van der Waals surface area contributed by atoms with Gasteiger partial charge < -0.3 is 0 Å². The van der Waals surface area contributed by atoms with Crippen molar-refractivity contribution in [2.45, 2.75) is 33.1 Å². The third-order valence-electron chi connectivity index (χ3n) is 3.66. The van der Waals surface area contributed by atoms with Gasteiger partial charge in [0, 0.05) is 5.92 Å². The first kappa shape index (κ1) is 11.2. The predicted octanol–water partition coefficient (Wildman–Crippen LogP) is 4.32. The molecule has 0 aromatic heterocycles. The molecule has 84 valence electrons. The molecule has 1 aliphatic rings. The minimum absolute atomic E-state index is 0.182. The lowest BCUT2D eigenvalue weighted by molar-refractivity contribution is 0.446. The maximum atomic E-state index is 2.33. The number of hydrogen-bond acceptors (Lipinski definition) is 0. The molecule has 0 saturated heterocycles. The number of aryl methyl sites for hydroxylation is 2. The van der Waals surface area contributed by atoms with E-state index in [1.165, 1.54) is 16.7 Å². The van der Waals surface area contributed by atoms with E-state index in [-0.39, 0.29) is 5.41 Å². The summed E-state index contributed by atoms with van der Waals surface area (Å²) in [5.74, 6) is 0.522. The molecule has 1 aromatic carbocycles. The van der Waals surface area contributed by atoms with Crippen LogP contribution in [0.2, 0.25) is 0 Å². The molecule has 0 N–H and O–H groups in total. The van der Waals surface area contributed by atoms with Crippen LogP contribution in [0.15, 0.2) is 42.5 Å². The summed E-state index contributed by atoms with van der Waals surface area (Å²) in [7, 11) is 0. The molecule has 1 aromatic rings. The molecule has 0 heteroatoms. The summed E-state index contributed by atoms with van der Waals surface area (Å²) in [5, 5.41) is 0. The highest BCUT2D eigenvalue weighted by Gasteiger charge is 2.29. The Hall–Kier alpha value is -1.30. The summed E-state index contributed by atoms with van der Waals surface area (Å²) in [4.78, 5) is 0. The predicted molar refractivity (Wildman–Crippen MR) is 70.7 cm³/mol. The fraction of sp³-hybridized carbons (Fsp3) is 0.375. The fourth-order valence-electron chi connectivity index (χ4n) is 2.63. The van der Waals surface area contributed by atoms with Crippen LogP contribution >= 0.6 is 0 Å². The van der Waals surface area contributed by atoms with Gasteiger partial charge in [-0.25, -0.2) is 0 Å². The molecule has 0 unspecified atom stereocenters. The molecule has 16 heavy (non-hydrogen) atoms. The van der Waals surface area contributed by atoms with Gasteiger partial charge in [0.25, 0.3) is 0 Å². The lowest BCUT2D eigenvalue weighted by atomic mass is 9.72. The minimum Gasteiger partial charge on any atom is -0.0768 e. The van der Waals surface area contributed by atoms with Crippen LogP contribution in [0, 0.1) is 19.8 Å². The van der Waals surface area contributed by atoms with Gasteiger partial charge in [0.05, 0.1) is 0 Å². The standard InChI is InChI=1S/C16H20/c1-12-9-10-15(13(2)11-12)16(3,4)14-7-5-6-8-14/h5-11,14H,1-4H3. The quantitative estimate of drug-likeness (QED) is 0.684. The highest BCUT2D eigenvalue weighted by atomic mass is 14.3. The van der Waals surface area contributed by atoms with Crippen molar-refractivity contribution in [2.75, 3.05) is 0 Å². The largest absolute Gasteiger partial charge is 0.0768 e. The Morgan fingerprint density at radius 3 is 2.19 bits per heavy atom. The second-order valence-electron chi connectivity index (χ2n) is 5.34. The molecule has 2 rings (SSSR count). The van der Waals surface area contributed by atoms with E-state index in [9.17, 15) is 0 Å². The van der Waals surface area contributed by atoms with Gasteiger partial charge in [-0.1, -0.05) is 61.9 Å². The number of allylic oxidation sites excluding steroid dienone is 4. The van der Waals surface area contributed by atoms with Crippen molar-refractivity contribution >= 4 is 0 Å². The zero-order valence-electron chi connectivity index (χ0n) is 10.6. The van der Waals surface area contributed by atoms with Crippen LogP contribution in [0.25, 0.3) is 0 Å². The number of hydrogen-bond donors (Lipinski definition) is 0. The van der Waals surface area contributed by atoms with E-state index in [0.717, 1.165) is 0 Å². The van der Waals surface area contributed by atoms with Crippen LogP contribution in [0.1, 0.15) is 30.5 Å². The van der Waals surface area contributed by atoms with E-state index in [4.69, 9.17) is 0 Å². The zero-order valence-corrected chi connectivity index (χ0v) is 10.6. The summed E-state index contributed by atoms with van der Waals surface area (Å²) in [6.07, 6.45) is 8.88. The zero-order chi connectivity index (χ0) is 11.8. The average Bonchev–Trinajstić information content (AvgIpc) is 2.69. The molecule has 0 saturated carbocycles. The monoisotopic (exact) mass is 212 g/mol. The smallest absolute Gasteiger partial charge is 0.00446 e. The highest BCUT2D eigenvalue weighted by Crippen LogP contribution is 2.37. The molecule has 0 aliphatic heterocycles. The van der Waals surface area contributed by atoms with Crippen molar-refractivity contribution in [2.24, 2.45) is 5.92 Å². The summed E-state index contributed by atoms with van der Waals surface area (Å²) in [5.41, 5.74) is 4.38. The first-order valence-electron chi connectivity index (χ1n) is 5.94. The van der Waals surface area contributed by atoms with Crippen LogP contribution < -0.4 is 0 Å². The summed E-state index contributed by atoms with van der Waals surface area (Å²) in [6.45, 7) is 9.02. The van der Waals surface area contributed by atoms with E-state index >= 15 is 0 Å². The van der Waals surface area contributed by atoms with Gasteiger partial charge in [-0.05, 0) is 30.4 Å². The van der Waals surface area contributed by atoms with Crippen molar-refractivity contribution in [3.8, 4) is 0 Å². The Labute approximate surface area is 98.7 Å². The second kappa shape index (κ2) is 3.93. The molecular weight excluding hydrogens is 192 g/mol. The Morgan fingerprint density at radius 2 is 1.62 bits per heavy atom. The summed E-state index contributed by atoms with van der Waals surface area (Å²) >= 11 is 0.